The molecule has 90 valence electrons. The average Bonchev–Trinajstić information content (AvgIpc) is 2.82. The molecule has 0 bridgehead atoms. The highest BCUT2D eigenvalue weighted by Gasteiger charge is 2.07. The predicted molar refractivity (Wildman–Crippen MR) is 70.8 cm³/mol. The third-order valence-electron chi connectivity index (χ3n) is 2.83. The van der Waals surface area contributed by atoms with Crippen molar-refractivity contribution < 1.29 is 4.79 Å². The molecule has 0 unspecified atom stereocenters. The maximum atomic E-state index is 11.8. The van der Waals surface area contributed by atoms with Crippen LogP contribution in [0.25, 0.3) is 0 Å². The number of aromatic nitrogens is 1. The van der Waals surface area contributed by atoms with Gasteiger partial charge in [-0.2, -0.15) is 0 Å². The van der Waals surface area contributed by atoms with E-state index in [2.05, 4.69) is 32.3 Å². The number of carbonyl (C=O) groups is 1. The average molecular weight is 295 g/mol. The molecule has 1 aliphatic rings. The van der Waals surface area contributed by atoms with Crippen LogP contribution in [-0.4, -0.2) is 17.4 Å². The van der Waals surface area contributed by atoms with Crippen molar-refractivity contribution in [1.82, 2.24) is 10.3 Å². The zero-order chi connectivity index (χ0) is 12.1. The Morgan fingerprint density at radius 3 is 3.06 bits per heavy atom. The van der Waals surface area contributed by atoms with Crippen LogP contribution in [0.2, 0.25) is 0 Å². The number of hydrogen-bond acceptors (Lipinski definition) is 2. The van der Waals surface area contributed by atoms with Crippen LogP contribution in [0.4, 0.5) is 0 Å². The van der Waals surface area contributed by atoms with E-state index in [-0.39, 0.29) is 5.91 Å². The monoisotopic (exact) mass is 294 g/mol. The summed E-state index contributed by atoms with van der Waals surface area (Å²) < 4.78 is 0.823. The first-order valence-corrected chi connectivity index (χ1v) is 6.61. The molecule has 0 saturated heterocycles. The second-order valence-corrected chi connectivity index (χ2v) is 5.07. The van der Waals surface area contributed by atoms with Gasteiger partial charge >= 0.3 is 0 Å². The molecule has 4 heteroatoms. The molecule has 0 aliphatic heterocycles. The third kappa shape index (κ3) is 3.66. The van der Waals surface area contributed by atoms with Crippen molar-refractivity contribution >= 4 is 21.8 Å². The van der Waals surface area contributed by atoms with Crippen molar-refractivity contribution in [3.8, 4) is 0 Å². The number of rotatable bonds is 4. The lowest BCUT2D eigenvalue weighted by atomic mass is 10.1. The van der Waals surface area contributed by atoms with Gasteiger partial charge in [0.15, 0.2) is 0 Å². The molecule has 0 saturated carbocycles. The Kier molecular flexibility index (Phi) is 4.31. The molecular formula is C13H15BrN2O. The standard InChI is InChI=1S/C13H15BrN2O/c14-12-7-11(8-15-9-12)13(17)16-6-5-10-3-1-2-4-10/h3,7-9H,1-2,4-6H2,(H,16,17). The summed E-state index contributed by atoms with van der Waals surface area (Å²) in [6.45, 7) is 0.706. The number of halogens is 1. The van der Waals surface area contributed by atoms with Gasteiger partial charge in [-0.15, -0.1) is 0 Å². The summed E-state index contributed by atoms with van der Waals surface area (Å²) in [6, 6.07) is 1.77. The zero-order valence-electron chi connectivity index (χ0n) is 9.58. The van der Waals surface area contributed by atoms with Crippen LogP contribution in [0.1, 0.15) is 36.0 Å². The summed E-state index contributed by atoms with van der Waals surface area (Å²) in [7, 11) is 0. The number of nitrogens with zero attached hydrogens (tertiary/aromatic N) is 1. The molecular weight excluding hydrogens is 280 g/mol. The molecule has 2 rings (SSSR count). The largest absolute Gasteiger partial charge is 0.352 e. The van der Waals surface area contributed by atoms with Gasteiger partial charge in [0.2, 0.25) is 0 Å². The molecule has 1 amide bonds. The van der Waals surface area contributed by atoms with Crippen molar-refractivity contribution in [2.75, 3.05) is 6.54 Å². The van der Waals surface area contributed by atoms with E-state index in [1.165, 1.54) is 24.8 Å². The maximum Gasteiger partial charge on any atom is 0.252 e. The summed E-state index contributed by atoms with van der Waals surface area (Å²) in [4.78, 5) is 15.8. The molecule has 0 radical (unpaired) electrons. The van der Waals surface area contributed by atoms with Crippen molar-refractivity contribution in [2.45, 2.75) is 25.7 Å². The van der Waals surface area contributed by atoms with Gasteiger partial charge in [-0.25, -0.2) is 0 Å². The highest BCUT2D eigenvalue weighted by molar-refractivity contribution is 9.10. The van der Waals surface area contributed by atoms with Crippen LogP contribution in [-0.2, 0) is 0 Å². The van der Waals surface area contributed by atoms with Gasteiger partial charge in [0.25, 0.3) is 5.91 Å². The molecule has 0 fully saturated rings. The summed E-state index contributed by atoms with van der Waals surface area (Å²) in [5, 5.41) is 2.91. The molecule has 3 nitrogen and oxygen atoms in total. The fraction of sp³-hybridized carbons (Fsp3) is 0.385. The van der Waals surface area contributed by atoms with Crippen molar-refractivity contribution in [1.29, 1.82) is 0 Å². The van der Waals surface area contributed by atoms with E-state index in [9.17, 15) is 4.79 Å². The smallest absolute Gasteiger partial charge is 0.252 e. The third-order valence-corrected chi connectivity index (χ3v) is 3.27. The lowest BCUT2D eigenvalue weighted by molar-refractivity contribution is 0.0953. The first kappa shape index (κ1) is 12.3. The maximum absolute atomic E-state index is 11.8. The minimum absolute atomic E-state index is 0.0580. The molecule has 1 aromatic rings. The van der Waals surface area contributed by atoms with E-state index in [0.717, 1.165) is 10.9 Å². The number of amides is 1. The summed E-state index contributed by atoms with van der Waals surface area (Å²) in [6.07, 6.45) is 10.1. The predicted octanol–water partition coefficient (Wildman–Crippen LogP) is 3.07. The van der Waals surface area contributed by atoms with Gasteiger partial charge in [0.05, 0.1) is 5.56 Å². The zero-order valence-corrected chi connectivity index (χ0v) is 11.2. The molecule has 0 atom stereocenters. The molecule has 0 spiro atoms. The second-order valence-electron chi connectivity index (χ2n) is 4.15. The Morgan fingerprint density at radius 2 is 2.35 bits per heavy atom. The molecule has 1 aromatic heterocycles. The van der Waals surface area contributed by atoms with Crippen LogP contribution in [0.5, 0.6) is 0 Å². The van der Waals surface area contributed by atoms with E-state index in [1.54, 1.807) is 18.5 Å². The SMILES string of the molecule is O=C(NCCC1=CCCC1)c1cncc(Br)c1. The fourth-order valence-corrected chi connectivity index (χ4v) is 2.30. The Hall–Kier alpha value is -1.16. The van der Waals surface area contributed by atoms with Crippen molar-refractivity contribution in [2.24, 2.45) is 0 Å². The number of carbonyl (C=O) groups excluding carboxylic acids is 1. The lowest BCUT2D eigenvalue weighted by Crippen LogP contribution is -2.24. The first-order chi connectivity index (χ1) is 8.25. The van der Waals surface area contributed by atoms with Gasteiger partial charge in [-0.05, 0) is 47.7 Å². The van der Waals surface area contributed by atoms with Gasteiger partial charge in [-0.1, -0.05) is 11.6 Å². The van der Waals surface area contributed by atoms with E-state index >= 15 is 0 Å². The number of hydrogen-bond donors (Lipinski definition) is 1. The molecule has 1 heterocycles. The highest BCUT2D eigenvalue weighted by Crippen LogP contribution is 2.19. The summed E-state index contributed by atoms with van der Waals surface area (Å²) >= 11 is 3.30. The van der Waals surface area contributed by atoms with Crippen LogP contribution >= 0.6 is 15.9 Å². The summed E-state index contributed by atoms with van der Waals surface area (Å²) in [5.74, 6) is -0.0580. The van der Waals surface area contributed by atoms with Crippen LogP contribution < -0.4 is 5.32 Å². The number of pyridine rings is 1. The number of allylic oxidation sites excluding steroid dienone is 1. The lowest BCUT2D eigenvalue weighted by Gasteiger charge is -2.05. The molecule has 17 heavy (non-hydrogen) atoms. The highest BCUT2D eigenvalue weighted by atomic mass is 79.9. The Morgan fingerprint density at radius 1 is 1.47 bits per heavy atom. The van der Waals surface area contributed by atoms with Crippen LogP contribution in [0.3, 0.4) is 0 Å². The van der Waals surface area contributed by atoms with Gasteiger partial charge in [-0.3, -0.25) is 9.78 Å². The van der Waals surface area contributed by atoms with Gasteiger partial charge in [0.1, 0.15) is 0 Å². The van der Waals surface area contributed by atoms with Gasteiger partial charge < -0.3 is 5.32 Å². The van der Waals surface area contributed by atoms with Crippen molar-refractivity contribution in [3.63, 3.8) is 0 Å². The molecule has 1 N–H and O–H groups in total. The number of nitrogens with one attached hydrogen (secondary N) is 1. The minimum Gasteiger partial charge on any atom is -0.352 e. The quantitative estimate of drug-likeness (QED) is 0.867. The van der Waals surface area contributed by atoms with Crippen LogP contribution in [0.15, 0.2) is 34.6 Å². The van der Waals surface area contributed by atoms with Crippen LogP contribution in [0, 0.1) is 0 Å². The van der Waals surface area contributed by atoms with E-state index in [4.69, 9.17) is 0 Å². The Labute approximate surface area is 109 Å². The van der Waals surface area contributed by atoms with E-state index < -0.39 is 0 Å². The van der Waals surface area contributed by atoms with E-state index in [0.29, 0.717) is 12.1 Å². The summed E-state index contributed by atoms with van der Waals surface area (Å²) in [5.41, 5.74) is 2.07. The molecule has 1 aliphatic carbocycles. The fourth-order valence-electron chi connectivity index (χ4n) is 1.94. The molecule has 0 aromatic carbocycles. The normalized spacial score (nSPS) is 14.5. The van der Waals surface area contributed by atoms with Crippen molar-refractivity contribution in [3.05, 3.63) is 40.1 Å². The van der Waals surface area contributed by atoms with Gasteiger partial charge in [0, 0.05) is 23.4 Å². The minimum atomic E-state index is -0.0580. The van der Waals surface area contributed by atoms with E-state index in [1.807, 2.05) is 0 Å². The second kappa shape index (κ2) is 5.96. The Balaban J connectivity index is 1.81. The first-order valence-electron chi connectivity index (χ1n) is 5.82. The topological polar surface area (TPSA) is 42.0 Å². The Bertz CT molecular complexity index is 443.